The Kier molecular flexibility index (Phi) is 4.69. The monoisotopic (exact) mass is 320 g/mol. The molecular formula is C16H20N2O3S. The smallest absolute Gasteiger partial charge is 0.306 e. The van der Waals surface area contributed by atoms with Crippen LogP contribution < -0.4 is 4.90 Å². The van der Waals surface area contributed by atoms with Gasteiger partial charge in [0.2, 0.25) is 5.91 Å². The number of anilines is 1. The van der Waals surface area contributed by atoms with Gasteiger partial charge in [-0.15, -0.1) is 11.8 Å². The fourth-order valence-corrected chi connectivity index (χ4v) is 4.04. The Morgan fingerprint density at radius 1 is 1.18 bits per heavy atom. The Morgan fingerprint density at radius 3 is 2.64 bits per heavy atom. The third kappa shape index (κ3) is 3.28. The zero-order valence-corrected chi connectivity index (χ0v) is 13.2. The second-order valence-electron chi connectivity index (χ2n) is 5.75. The number of thioether (sulfide) groups is 1. The molecule has 0 unspecified atom stereocenters. The van der Waals surface area contributed by atoms with Gasteiger partial charge in [0, 0.05) is 17.2 Å². The van der Waals surface area contributed by atoms with E-state index >= 15 is 0 Å². The van der Waals surface area contributed by atoms with Gasteiger partial charge in [-0.05, 0) is 38.1 Å². The van der Waals surface area contributed by atoms with E-state index in [1.807, 2.05) is 23.1 Å². The van der Waals surface area contributed by atoms with Crippen molar-refractivity contribution in [2.24, 2.45) is 5.92 Å². The van der Waals surface area contributed by atoms with Crippen molar-refractivity contribution in [1.29, 1.82) is 0 Å². The van der Waals surface area contributed by atoms with Crippen LogP contribution in [0.1, 0.15) is 12.8 Å². The number of fused-ring (bicyclic) bond motifs is 1. The first-order valence-electron chi connectivity index (χ1n) is 7.62. The second-order valence-corrected chi connectivity index (χ2v) is 6.89. The fourth-order valence-electron chi connectivity index (χ4n) is 3.04. The van der Waals surface area contributed by atoms with Gasteiger partial charge in [-0.1, -0.05) is 12.1 Å². The van der Waals surface area contributed by atoms with E-state index in [-0.39, 0.29) is 11.8 Å². The molecule has 6 heteroatoms. The fraction of sp³-hybridized carbons (Fsp3) is 0.500. The Morgan fingerprint density at radius 2 is 1.91 bits per heavy atom. The number of rotatable bonds is 3. The molecule has 2 heterocycles. The lowest BCUT2D eigenvalue weighted by Crippen LogP contribution is -2.45. The number of aliphatic carboxylic acids is 1. The zero-order valence-electron chi connectivity index (χ0n) is 12.4. The highest BCUT2D eigenvalue weighted by atomic mass is 32.2. The van der Waals surface area contributed by atoms with Crippen LogP contribution in [-0.2, 0) is 9.59 Å². The van der Waals surface area contributed by atoms with Crippen LogP contribution in [0.3, 0.4) is 0 Å². The van der Waals surface area contributed by atoms with Gasteiger partial charge in [0.15, 0.2) is 0 Å². The molecule has 22 heavy (non-hydrogen) atoms. The van der Waals surface area contributed by atoms with Gasteiger partial charge in [0.05, 0.1) is 18.2 Å². The highest BCUT2D eigenvalue weighted by Gasteiger charge is 2.28. The molecule has 0 aliphatic carbocycles. The van der Waals surface area contributed by atoms with Crippen molar-refractivity contribution in [2.45, 2.75) is 17.7 Å². The number of carbonyl (C=O) groups excluding carboxylic acids is 1. The number of carbonyl (C=O) groups is 2. The topological polar surface area (TPSA) is 60.9 Å². The summed E-state index contributed by atoms with van der Waals surface area (Å²) >= 11 is 1.79. The lowest BCUT2D eigenvalue weighted by Gasteiger charge is -2.33. The molecule has 2 aliphatic heterocycles. The van der Waals surface area contributed by atoms with Crippen LogP contribution in [-0.4, -0.2) is 53.8 Å². The Hall–Kier alpha value is -1.53. The first kappa shape index (κ1) is 15.4. The minimum Gasteiger partial charge on any atom is -0.481 e. The first-order chi connectivity index (χ1) is 10.6. The lowest BCUT2D eigenvalue weighted by atomic mass is 9.97. The van der Waals surface area contributed by atoms with Crippen molar-refractivity contribution >= 4 is 29.3 Å². The van der Waals surface area contributed by atoms with Crippen LogP contribution in [0.15, 0.2) is 29.2 Å². The SMILES string of the molecule is O=C(O)C1CCN(CC(=O)N2CCSc3ccccc32)CC1. The number of para-hydroxylation sites is 1. The van der Waals surface area contributed by atoms with Crippen molar-refractivity contribution in [2.75, 3.05) is 36.8 Å². The molecule has 0 saturated carbocycles. The summed E-state index contributed by atoms with van der Waals surface area (Å²) in [6.45, 7) is 2.50. The van der Waals surface area contributed by atoms with Crippen molar-refractivity contribution in [1.82, 2.24) is 4.90 Å². The summed E-state index contributed by atoms with van der Waals surface area (Å²) in [6, 6.07) is 8.01. The van der Waals surface area contributed by atoms with E-state index in [1.54, 1.807) is 11.8 Å². The molecule has 0 atom stereocenters. The van der Waals surface area contributed by atoms with Crippen LogP contribution in [0, 0.1) is 5.92 Å². The number of likely N-dealkylation sites (tertiary alicyclic amines) is 1. The highest BCUT2D eigenvalue weighted by molar-refractivity contribution is 7.99. The van der Waals surface area contributed by atoms with Crippen LogP contribution in [0.2, 0.25) is 0 Å². The number of carboxylic acid groups (broad SMARTS) is 1. The molecular weight excluding hydrogens is 300 g/mol. The highest BCUT2D eigenvalue weighted by Crippen LogP contribution is 2.34. The summed E-state index contributed by atoms with van der Waals surface area (Å²) in [5, 5.41) is 9.02. The summed E-state index contributed by atoms with van der Waals surface area (Å²) in [6.07, 6.45) is 1.27. The molecule has 1 amide bonds. The maximum absolute atomic E-state index is 12.6. The first-order valence-corrected chi connectivity index (χ1v) is 8.61. The minimum atomic E-state index is -0.715. The predicted octanol–water partition coefficient (Wildman–Crippen LogP) is 1.92. The number of piperidine rings is 1. The minimum absolute atomic E-state index is 0.113. The number of amides is 1. The summed E-state index contributed by atoms with van der Waals surface area (Å²) in [5.41, 5.74) is 1.00. The number of hydrogen-bond donors (Lipinski definition) is 1. The number of benzene rings is 1. The average molecular weight is 320 g/mol. The molecule has 0 spiro atoms. The van der Waals surface area contributed by atoms with E-state index < -0.39 is 5.97 Å². The zero-order chi connectivity index (χ0) is 15.5. The molecule has 0 bridgehead atoms. The summed E-state index contributed by atoms with van der Waals surface area (Å²) in [5.74, 6) is 0.0667. The van der Waals surface area contributed by atoms with Gasteiger partial charge >= 0.3 is 5.97 Å². The van der Waals surface area contributed by atoms with Gasteiger partial charge in [-0.2, -0.15) is 0 Å². The van der Waals surface area contributed by atoms with Gasteiger partial charge in [-0.25, -0.2) is 0 Å². The average Bonchev–Trinajstić information content (AvgIpc) is 2.54. The molecule has 0 aromatic heterocycles. The van der Waals surface area contributed by atoms with Gasteiger partial charge in [0.25, 0.3) is 0 Å². The van der Waals surface area contributed by atoms with Gasteiger partial charge in [0.1, 0.15) is 0 Å². The second kappa shape index (κ2) is 6.71. The summed E-state index contributed by atoms with van der Waals surface area (Å²) in [4.78, 5) is 28.7. The van der Waals surface area contributed by atoms with Crippen molar-refractivity contribution in [3.05, 3.63) is 24.3 Å². The van der Waals surface area contributed by atoms with Crippen LogP contribution >= 0.6 is 11.8 Å². The molecule has 1 aromatic rings. The van der Waals surface area contributed by atoms with E-state index in [9.17, 15) is 9.59 Å². The maximum atomic E-state index is 12.6. The van der Waals surface area contributed by atoms with Crippen LogP contribution in [0.25, 0.3) is 0 Å². The van der Waals surface area contributed by atoms with E-state index in [0.29, 0.717) is 32.5 Å². The van der Waals surface area contributed by atoms with Crippen LogP contribution in [0.5, 0.6) is 0 Å². The molecule has 1 fully saturated rings. The molecule has 5 nitrogen and oxygen atoms in total. The molecule has 1 saturated heterocycles. The Bertz CT molecular complexity index is 570. The van der Waals surface area contributed by atoms with E-state index in [4.69, 9.17) is 5.11 Å². The Labute approximate surface area is 134 Å². The van der Waals surface area contributed by atoms with Crippen molar-refractivity contribution in [3.8, 4) is 0 Å². The van der Waals surface area contributed by atoms with Gasteiger partial charge < -0.3 is 10.0 Å². The summed E-state index contributed by atoms with van der Waals surface area (Å²) in [7, 11) is 0. The molecule has 1 N–H and O–H groups in total. The van der Waals surface area contributed by atoms with Crippen molar-refractivity contribution < 1.29 is 14.7 Å². The van der Waals surface area contributed by atoms with Crippen LogP contribution in [0.4, 0.5) is 5.69 Å². The van der Waals surface area contributed by atoms with Gasteiger partial charge in [-0.3, -0.25) is 14.5 Å². The standard InChI is InChI=1S/C16H20N2O3S/c19-15(11-17-7-5-12(6-8-17)16(20)21)18-9-10-22-14-4-2-1-3-13(14)18/h1-4,12H,5-11H2,(H,20,21). The summed E-state index contributed by atoms with van der Waals surface area (Å²) < 4.78 is 0. The quantitative estimate of drug-likeness (QED) is 0.922. The lowest BCUT2D eigenvalue weighted by molar-refractivity contribution is -0.143. The number of carboxylic acids is 1. The molecule has 3 rings (SSSR count). The van der Waals surface area contributed by atoms with Crippen molar-refractivity contribution in [3.63, 3.8) is 0 Å². The number of hydrogen-bond acceptors (Lipinski definition) is 4. The largest absolute Gasteiger partial charge is 0.481 e. The van der Waals surface area contributed by atoms with E-state index in [2.05, 4.69) is 11.0 Å². The van der Waals surface area contributed by atoms with E-state index in [1.165, 1.54) is 0 Å². The Balaban J connectivity index is 1.61. The third-order valence-corrected chi connectivity index (χ3v) is 5.37. The molecule has 1 aromatic carbocycles. The van der Waals surface area contributed by atoms with E-state index in [0.717, 1.165) is 22.9 Å². The normalized spacial score (nSPS) is 19.7. The molecule has 0 radical (unpaired) electrons. The molecule has 118 valence electrons. The molecule has 2 aliphatic rings. The maximum Gasteiger partial charge on any atom is 0.306 e. The third-order valence-electron chi connectivity index (χ3n) is 4.33. The predicted molar refractivity (Wildman–Crippen MR) is 86.3 cm³/mol. The number of nitrogens with zero attached hydrogens (tertiary/aromatic N) is 2.